The van der Waals surface area contributed by atoms with Crippen molar-refractivity contribution in [3.05, 3.63) is 108 Å². The summed E-state index contributed by atoms with van der Waals surface area (Å²) in [5.74, 6) is -0.737. The zero-order valence-corrected chi connectivity index (χ0v) is 18.2. The first-order valence-corrected chi connectivity index (χ1v) is 11.3. The Labute approximate surface area is 191 Å². The molecule has 32 heavy (non-hydrogen) atoms. The van der Waals surface area contributed by atoms with Gasteiger partial charge in [0.15, 0.2) is 5.13 Å². The van der Waals surface area contributed by atoms with Gasteiger partial charge in [0, 0.05) is 23.9 Å². The molecule has 160 valence electrons. The van der Waals surface area contributed by atoms with Crippen LogP contribution in [0, 0.1) is 0 Å². The Hall–Kier alpha value is -3.77. The summed E-state index contributed by atoms with van der Waals surface area (Å²) in [5.41, 5.74) is 3.66. The molecule has 0 saturated carbocycles. The molecule has 1 aromatic heterocycles. The molecule has 2 amide bonds. The van der Waals surface area contributed by atoms with Gasteiger partial charge in [0.2, 0.25) is 11.8 Å². The van der Waals surface area contributed by atoms with Crippen LogP contribution in [0.3, 0.4) is 0 Å². The summed E-state index contributed by atoms with van der Waals surface area (Å²) in [4.78, 5) is 29.8. The molecule has 0 saturated heterocycles. The molecule has 0 atom stereocenters. The number of aromatic nitrogens is 1. The Bertz CT molecular complexity index is 1120. The van der Waals surface area contributed by atoms with Gasteiger partial charge in [-0.1, -0.05) is 91.0 Å². The van der Waals surface area contributed by atoms with Crippen molar-refractivity contribution < 1.29 is 9.59 Å². The molecule has 0 radical (unpaired) electrons. The molecular formula is C26H23N3O2S. The third-order valence-electron chi connectivity index (χ3n) is 5.00. The van der Waals surface area contributed by atoms with Crippen LogP contribution in [0.1, 0.15) is 23.5 Å². The van der Waals surface area contributed by atoms with Gasteiger partial charge in [-0.2, -0.15) is 0 Å². The van der Waals surface area contributed by atoms with E-state index in [2.05, 4.69) is 15.6 Å². The molecule has 0 spiro atoms. The van der Waals surface area contributed by atoms with Crippen molar-refractivity contribution in [3.8, 4) is 11.3 Å². The maximum atomic E-state index is 13.0. The standard InChI is InChI=1S/C26H23N3O2S/c30-23(29-26-28-22(18-32-26)19-10-4-1-5-11-19)16-17-27-25(31)24(20-12-6-2-7-13-20)21-14-8-3-9-15-21/h1-15,18,24H,16-17H2,(H,27,31)(H,28,29,30). The van der Waals surface area contributed by atoms with Crippen molar-refractivity contribution in [2.75, 3.05) is 11.9 Å². The third-order valence-corrected chi connectivity index (χ3v) is 5.76. The fourth-order valence-electron chi connectivity index (χ4n) is 3.44. The number of thiazole rings is 1. The normalized spacial score (nSPS) is 10.7. The van der Waals surface area contributed by atoms with Crippen LogP contribution >= 0.6 is 11.3 Å². The Morgan fingerprint density at radius 3 is 1.97 bits per heavy atom. The maximum Gasteiger partial charge on any atom is 0.232 e. The second kappa shape index (κ2) is 10.5. The van der Waals surface area contributed by atoms with Crippen LogP contribution in [0.25, 0.3) is 11.3 Å². The average Bonchev–Trinajstić information content (AvgIpc) is 3.30. The number of hydrogen-bond acceptors (Lipinski definition) is 4. The van der Waals surface area contributed by atoms with Crippen LogP contribution in [0.5, 0.6) is 0 Å². The van der Waals surface area contributed by atoms with Crippen LogP contribution in [0.2, 0.25) is 0 Å². The molecule has 2 N–H and O–H groups in total. The van der Waals surface area contributed by atoms with Gasteiger partial charge in [0.1, 0.15) is 0 Å². The van der Waals surface area contributed by atoms with E-state index in [1.165, 1.54) is 11.3 Å². The van der Waals surface area contributed by atoms with Gasteiger partial charge < -0.3 is 10.6 Å². The van der Waals surface area contributed by atoms with Crippen molar-refractivity contribution in [2.45, 2.75) is 12.3 Å². The lowest BCUT2D eigenvalue weighted by Crippen LogP contribution is -2.32. The fraction of sp³-hybridized carbons (Fsp3) is 0.115. The van der Waals surface area contributed by atoms with Crippen LogP contribution in [-0.2, 0) is 9.59 Å². The first kappa shape index (κ1) is 21.5. The monoisotopic (exact) mass is 441 g/mol. The average molecular weight is 442 g/mol. The summed E-state index contributed by atoms with van der Waals surface area (Å²) >= 11 is 1.38. The molecule has 0 aliphatic carbocycles. The van der Waals surface area contributed by atoms with Gasteiger partial charge in [-0.25, -0.2) is 4.98 Å². The summed E-state index contributed by atoms with van der Waals surface area (Å²) in [7, 11) is 0. The molecule has 0 aliphatic rings. The molecule has 0 unspecified atom stereocenters. The number of rotatable bonds is 8. The number of nitrogens with one attached hydrogen (secondary N) is 2. The van der Waals surface area contributed by atoms with Crippen LogP contribution in [-0.4, -0.2) is 23.3 Å². The molecular weight excluding hydrogens is 418 g/mol. The predicted octanol–water partition coefficient (Wildman–Crippen LogP) is 5.09. The zero-order valence-electron chi connectivity index (χ0n) is 17.4. The first-order chi connectivity index (χ1) is 15.7. The van der Waals surface area contributed by atoms with Gasteiger partial charge in [-0.3, -0.25) is 9.59 Å². The molecule has 0 fully saturated rings. The second-order valence-corrected chi connectivity index (χ2v) is 8.11. The lowest BCUT2D eigenvalue weighted by atomic mass is 9.90. The van der Waals surface area contributed by atoms with E-state index in [9.17, 15) is 9.59 Å². The second-order valence-electron chi connectivity index (χ2n) is 7.25. The predicted molar refractivity (Wildman–Crippen MR) is 129 cm³/mol. The third kappa shape index (κ3) is 5.47. The minimum Gasteiger partial charge on any atom is -0.355 e. The maximum absolute atomic E-state index is 13.0. The van der Waals surface area contributed by atoms with Crippen LogP contribution < -0.4 is 10.6 Å². The summed E-state index contributed by atoms with van der Waals surface area (Å²) in [6, 6.07) is 29.1. The smallest absolute Gasteiger partial charge is 0.232 e. The highest BCUT2D eigenvalue weighted by molar-refractivity contribution is 7.14. The van der Waals surface area contributed by atoms with E-state index in [1.54, 1.807) is 0 Å². The SMILES string of the molecule is O=C(CCNC(=O)C(c1ccccc1)c1ccccc1)Nc1nc(-c2ccccc2)cs1. The van der Waals surface area contributed by atoms with E-state index in [0.29, 0.717) is 5.13 Å². The van der Waals surface area contributed by atoms with Gasteiger partial charge in [0.05, 0.1) is 11.6 Å². The van der Waals surface area contributed by atoms with E-state index in [-0.39, 0.29) is 24.8 Å². The number of amides is 2. The molecule has 6 heteroatoms. The van der Waals surface area contributed by atoms with E-state index in [1.807, 2.05) is 96.4 Å². The van der Waals surface area contributed by atoms with Crippen molar-refractivity contribution in [1.29, 1.82) is 0 Å². The molecule has 1 heterocycles. The quantitative estimate of drug-likeness (QED) is 0.400. The van der Waals surface area contributed by atoms with Gasteiger partial charge in [-0.05, 0) is 11.1 Å². The number of hydrogen-bond donors (Lipinski definition) is 2. The highest BCUT2D eigenvalue weighted by Crippen LogP contribution is 2.25. The van der Waals surface area contributed by atoms with Crippen molar-refractivity contribution in [1.82, 2.24) is 10.3 Å². The molecule has 4 aromatic rings. The van der Waals surface area contributed by atoms with Crippen molar-refractivity contribution in [3.63, 3.8) is 0 Å². The van der Waals surface area contributed by atoms with E-state index < -0.39 is 5.92 Å². The number of nitrogens with zero attached hydrogens (tertiary/aromatic N) is 1. The fourth-order valence-corrected chi connectivity index (χ4v) is 4.18. The summed E-state index contributed by atoms with van der Waals surface area (Å²) in [6.45, 7) is 0.248. The Morgan fingerprint density at radius 1 is 0.812 bits per heavy atom. The summed E-state index contributed by atoms with van der Waals surface area (Å²) < 4.78 is 0. The van der Waals surface area contributed by atoms with E-state index in [0.717, 1.165) is 22.4 Å². The van der Waals surface area contributed by atoms with Gasteiger partial charge in [-0.15, -0.1) is 11.3 Å². The molecule has 0 bridgehead atoms. The topological polar surface area (TPSA) is 71.1 Å². The Balaban J connectivity index is 1.33. The Kier molecular flexibility index (Phi) is 7.05. The van der Waals surface area contributed by atoms with Gasteiger partial charge >= 0.3 is 0 Å². The van der Waals surface area contributed by atoms with Crippen molar-refractivity contribution in [2.24, 2.45) is 0 Å². The number of carbonyl (C=O) groups is 2. The molecule has 4 rings (SSSR count). The highest BCUT2D eigenvalue weighted by Gasteiger charge is 2.22. The van der Waals surface area contributed by atoms with Gasteiger partial charge in [0.25, 0.3) is 0 Å². The summed E-state index contributed by atoms with van der Waals surface area (Å²) in [6.07, 6.45) is 0.169. The lowest BCUT2D eigenvalue weighted by molar-refractivity contribution is -0.121. The largest absolute Gasteiger partial charge is 0.355 e. The summed E-state index contributed by atoms with van der Waals surface area (Å²) in [5, 5.41) is 8.19. The highest BCUT2D eigenvalue weighted by atomic mass is 32.1. The molecule has 3 aromatic carbocycles. The zero-order chi connectivity index (χ0) is 22.2. The lowest BCUT2D eigenvalue weighted by Gasteiger charge is -2.17. The Morgan fingerprint density at radius 2 is 1.38 bits per heavy atom. The number of carbonyl (C=O) groups excluding carboxylic acids is 2. The minimum atomic E-state index is -0.423. The van der Waals surface area contributed by atoms with Crippen LogP contribution in [0.4, 0.5) is 5.13 Å². The van der Waals surface area contributed by atoms with E-state index >= 15 is 0 Å². The minimum absolute atomic E-state index is 0.129. The number of benzene rings is 3. The van der Waals surface area contributed by atoms with E-state index in [4.69, 9.17) is 0 Å². The van der Waals surface area contributed by atoms with Crippen molar-refractivity contribution >= 4 is 28.3 Å². The first-order valence-electron chi connectivity index (χ1n) is 10.4. The molecule has 5 nitrogen and oxygen atoms in total. The van der Waals surface area contributed by atoms with Crippen LogP contribution in [0.15, 0.2) is 96.4 Å². The number of anilines is 1. The molecule has 0 aliphatic heterocycles.